The molecule has 0 radical (unpaired) electrons. The van der Waals surface area contributed by atoms with Gasteiger partial charge in [0.05, 0.1) is 21.5 Å². The second kappa shape index (κ2) is 6.76. The Kier molecular flexibility index (Phi) is 3.77. The number of aromatic nitrogens is 3. The average molecular weight is 474 g/mol. The molecule has 3 aromatic heterocycles. The summed E-state index contributed by atoms with van der Waals surface area (Å²) in [6, 6.07) is 19.8. The van der Waals surface area contributed by atoms with E-state index < -0.39 is 6.35 Å². The van der Waals surface area contributed by atoms with E-state index in [9.17, 15) is 0 Å². The molecule has 0 saturated carbocycles. The molecule has 0 fully saturated rings. The smallest absolute Gasteiger partial charge is 0.410 e. The molecule has 0 spiro atoms. The van der Waals surface area contributed by atoms with Gasteiger partial charge in [-0.3, -0.25) is 0 Å². The average Bonchev–Trinajstić information content (AvgIpc) is 2.87. The van der Waals surface area contributed by atoms with E-state index in [1.807, 2.05) is 4.85 Å². The van der Waals surface area contributed by atoms with Gasteiger partial charge in [-0.05, 0) is 77.6 Å². The van der Waals surface area contributed by atoms with Crippen molar-refractivity contribution in [3.05, 3.63) is 88.1 Å². The predicted molar refractivity (Wildman–Crippen MR) is 140 cm³/mol. The minimum absolute atomic E-state index is 0.511. The van der Waals surface area contributed by atoms with Crippen LogP contribution in [0.25, 0.3) is 44.0 Å². The highest BCUT2D eigenvalue weighted by Crippen LogP contribution is 2.37. The van der Waals surface area contributed by atoms with E-state index in [4.69, 9.17) is 9.26 Å². The summed E-state index contributed by atoms with van der Waals surface area (Å²) >= 11 is 0. The highest BCUT2D eigenvalue weighted by Gasteiger charge is 2.42. The molecule has 176 valence electrons. The molecule has 1 atom stereocenters. The molecule has 0 N–H and O–H groups in total. The Labute approximate surface area is 208 Å². The third-order valence-electron chi connectivity index (χ3n) is 8.13. The summed E-state index contributed by atoms with van der Waals surface area (Å²) in [4.78, 5) is 1.95. The van der Waals surface area contributed by atoms with Gasteiger partial charge in [0.15, 0.2) is 11.1 Å². The summed E-state index contributed by atoms with van der Waals surface area (Å²) in [6.07, 6.45) is 3.73. The van der Waals surface area contributed by atoms with Gasteiger partial charge in [-0.25, -0.2) is 0 Å². The molecule has 36 heavy (non-hydrogen) atoms. The lowest BCUT2D eigenvalue weighted by molar-refractivity contribution is -0.806. The molecule has 0 bridgehead atoms. The molecular formula is C31H27N3O2+2. The largest absolute Gasteiger partial charge is 0.473 e. The zero-order valence-corrected chi connectivity index (χ0v) is 20.9. The lowest BCUT2D eigenvalue weighted by Gasteiger charge is -2.23. The van der Waals surface area contributed by atoms with Crippen molar-refractivity contribution in [2.24, 2.45) is 0 Å². The third kappa shape index (κ3) is 2.40. The van der Waals surface area contributed by atoms with Crippen LogP contribution >= 0.6 is 0 Å². The molecule has 6 aromatic rings. The van der Waals surface area contributed by atoms with Gasteiger partial charge in [0.2, 0.25) is 11.2 Å². The molecule has 3 aromatic carbocycles. The zero-order chi connectivity index (χ0) is 24.3. The normalized spacial score (nSPS) is 16.3. The van der Waals surface area contributed by atoms with E-state index in [-0.39, 0.29) is 0 Å². The minimum atomic E-state index is -0.511. The van der Waals surface area contributed by atoms with Crippen molar-refractivity contribution in [1.29, 1.82) is 0 Å². The van der Waals surface area contributed by atoms with Crippen molar-refractivity contribution in [2.45, 2.75) is 46.9 Å². The quantitative estimate of drug-likeness (QED) is 0.243. The molecule has 0 saturated heterocycles. The van der Waals surface area contributed by atoms with Crippen molar-refractivity contribution in [1.82, 2.24) is 4.85 Å². The molecule has 8 rings (SSSR count). The fourth-order valence-corrected chi connectivity index (χ4v) is 6.59. The van der Waals surface area contributed by atoms with E-state index in [1.54, 1.807) is 0 Å². The Morgan fingerprint density at radius 2 is 1.61 bits per heavy atom. The molecule has 2 aliphatic rings. The Balaban J connectivity index is 1.58. The van der Waals surface area contributed by atoms with Crippen LogP contribution in [0.4, 0.5) is 0 Å². The number of hydrogen-bond acceptors (Lipinski definition) is 2. The number of pyridine rings is 2. The van der Waals surface area contributed by atoms with Crippen LogP contribution in [0.15, 0.2) is 59.1 Å². The van der Waals surface area contributed by atoms with Gasteiger partial charge < -0.3 is 9.26 Å². The molecule has 1 aliphatic heterocycles. The first kappa shape index (κ1) is 20.1. The Bertz CT molecular complexity index is 2030. The van der Waals surface area contributed by atoms with Gasteiger partial charge in [0.25, 0.3) is 5.52 Å². The monoisotopic (exact) mass is 473 g/mol. The van der Waals surface area contributed by atoms with Crippen LogP contribution in [-0.2, 0) is 6.42 Å². The van der Waals surface area contributed by atoms with E-state index in [0.29, 0.717) is 0 Å². The SMILES string of the molecule is Cc1cc(C)[n+]2c3c1ccc1cccc(c13)OC2n1oc2c3c(ccc4c(C)cc(C)[n+]1c43)CCC=2. The maximum atomic E-state index is 6.84. The first-order chi connectivity index (χ1) is 17.5. The molecular weight excluding hydrogens is 446 g/mol. The van der Waals surface area contributed by atoms with Gasteiger partial charge in [-0.15, -0.1) is 4.57 Å². The van der Waals surface area contributed by atoms with E-state index >= 15 is 0 Å². The number of rotatable bonds is 1. The summed E-state index contributed by atoms with van der Waals surface area (Å²) in [6.45, 7) is 8.70. The Morgan fingerprint density at radius 1 is 0.833 bits per heavy atom. The van der Waals surface area contributed by atoms with Gasteiger partial charge in [0.1, 0.15) is 10.6 Å². The lowest BCUT2D eigenvalue weighted by Crippen LogP contribution is -2.58. The van der Waals surface area contributed by atoms with Crippen LogP contribution in [0.1, 0.15) is 40.9 Å². The molecule has 5 nitrogen and oxygen atoms in total. The van der Waals surface area contributed by atoms with Crippen LogP contribution in [0.2, 0.25) is 0 Å². The second-order valence-electron chi connectivity index (χ2n) is 10.4. The topological polar surface area (TPSA) is 35.3 Å². The lowest BCUT2D eigenvalue weighted by atomic mass is 9.96. The van der Waals surface area contributed by atoms with Crippen molar-refractivity contribution in [3.63, 3.8) is 0 Å². The van der Waals surface area contributed by atoms with Gasteiger partial charge in [-0.1, -0.05) is 24.3 Å². The van der Waals surface area contributed by atoms with Crippen molar-refractivity contribution in [2.75, 3.05) is 0 Å². The van der Waals surface area contributed by atoms with Crippen LogP contribution in [0, 0.1) is 27.7 Å². The Hall–Kier alpha value is -4.12. The maximum absolute atomic E-state index is 6.84. The van der Waals surface area contributed by atoms with E-state index in [1.165, 1.54) is 49.3 Å². The predicted octanol–water partition coefficient (Wildman–Crippen LogP) is 5.21. The van der Waals surface area contributed by atoms with Gasteiger partial charge in [0, 0.05) is 26.0 Å². The molecule has 1 aliphatic carbocycles. The summed E-state index contributed by atoms with van der Waals surface area (Å²) < 4.78 is 18.1. The van der Waals surface area contributed by atoms with E-state index in [2.05, 4.69) is 97.5 Å². The third-order valence-corrected chi connectivity index (χ3v) is 8.13. The number of benzene rings is 3. The second-order valence-corrected chi connectivity index (χ2v) is 10.4. The van der Waals surface area contributed by atoms with Gasteiger partial charge >= 0.3 is 6.35 Å². The summed E-state index contributed by atoms with van der Waals surface area (Å²) in [7, 11) is 0. The molecule has 5 heteroatoms. The van der Waals surface area contributed by atoms with Crippen molar-refractivity contribution < 1.29 is 18.3 Å². The first-order valence-electron chi connectivity index (χ1n) is 12.7. The van der Waals surface area contributed by atoms with Crippen molar-refractivity contribution in [3.8, 4) is 5.75 Å². The summed E-state index contributed by atoms with van der Waals surface area (Å²) in [5.74, 6) is 0.885. The summed E-state index contributed by atoms with van der Waals surface area (Å²) in [5.41, 5.74) is 9.45. The first-order valence-corrected chi connectivity index (χ1v) is 12.7. The van der Waals surface area contributed by atoms with Crippen LogP contribution < -0.4 is 19.2 Å². The maximum Gasteiger partial charge on any atom is 0.473 e. The van der Waals surface area contributed by atoms with E-state index in [0.717, 1.165) is 40.8 Å². The highest BCUT2D eigenvalue weighted by molar-refractivity contribution is 6.08. The highest BCUT2D eigenvalue weighted by atomic mass is 16.6. The number of aryl methyl sites for hydroxylation is 5. The standard InChI is InChI=1S/C31H27N3O2/c1-17-15-19(3)32-29-23(17)13-11-21-7-5-9-25(27(21)29)35-31(32)34-33-20(4)16-18(2)24-14-12-22-8-6-10-26(36-34)28(22)30(24)33/h5,7,9-16,31H,6,8H2,1-4H3/q+2. The van der Waals surface area contributed by atoms with Crippen LogP contribution in [0.3, 0.4) is 0 Å². The zero-order valence-electron chi connectivity index (χ0n) is 20.9. The molecule has 1 unspecified atom stereocenters. The molecule has 0 amide bonds. The fourth-order valence-electron chi connectivity index (χ4n) is 6.59. The van der Waals surface area contributed by atoms with Crippen LogP contribution in [0.5, 0.6) is 5.75 Å². The number of ether oxygens (including phenoxy) is 1. The molecule has 4 heterocycles. The summed E-state index contributed by atoms with van der Waals surface area (Å²) in [5, 5.41) is 6.04. The number of nitrogens with zero attached hydrogens (tertiary/aromatic N) is 3. The number of hydrogen-bond donors (Lipinski definition) is 0. The van der Waals surface area contributed by atoms with Gasteiger partial charge in [-0.2, -0.15) is 0 Å². The van der Waals surface area contributed by atoms with Crippen molar-refractivity contribution >= 4 is 44.0 Å². The fraction of sp³-hybridized carbons (Fsp3) is 0.226. The minimum Gasteiger partial charge on any atom is -0.410 e. The van der Waals surface area contributed by atoms with Crippen LogP contribution in [-0.4, -0.2) is 4.85 Å². The Morgan fingerprint density at radius 3 is 2.47 bits per heavy atom.